The number of hydrogen-bond acceptors (Lipinski definition) is 5. The number of carbonyl (C=O) groups is 2. The third-order valence-electron chi connectivity index (χ3n) is 4.06. The second-order valence-electron chi connectivity index (χ2n) is 6.31. The van der Waals surface area contributed by atoms with E-state index in [4.69, 9.17) is 16.9 Å². The largest absolute Gasteiger partial charge is 0.313 e. The van der Waals surface area contributed by atoms with E-state index in [1.54, 1.807) is 48.0 Å². The van der Waals surface area contributed by atoms with Crippen LogP contribution in [0.5, 0.6) is 0 Å². The molecule has 0 bridgehead atoms. The quantitative estimate of drug-likeness (QED) is 0.598. The summed E-state index contributed by atoms with van der Waals surface area (Å²) in [5.74, 6) is -0.116. The first-order valence-corrected chi connectivity index (χ1v) is 9.97. The fraction of sp³-hybridized carbons (Fsp3) is 0.200. The lowest BCUT2D eigenvalue weighted by Crippen LogP contribution is -2.15. The van der Waals surface area contributed by atoms with Gasteiger partial charge in [0, 0.05) is 6.07 Å². The first-order valence-electron chi connectivity index (χ1n) is 8.78. The highest BCUT2D eigenvalue weighted by molar-refractivity contribution is 7.18. The molecule has 0 saturated carbocycles. The number of nitriles is 1. The molecule has 7 nitrogen and oxygen atoms in total. The van der Waals surface area contributed by atoms with Gasteiger partial charge in [-0.05, 0) is 37.6 Å². The lowest BCUT2D eigenvalue weighted by molar-refractivity contribution is 0.101. The second-order valence-corrected chi connectivity index (χ2v) is 7.77. The number of aromatic nitrogens is 2. The summed E-state index contributed by atoms with van der Waals surface area (Å²) in [6.07, 6.45) is 0.292. The Morgan fingerprint density at radius 3 is 2.69 bits per heavy atom. The highest BCUT2D eigenvalue weighted by Gasteiger charge is 2.18. The lowest BCUT2D eigenvalue weighted by atomic mass is 10.2. The maximum Gasteiger partial charge on any atom is 0.267 e. The van der Waals surface area contributed by atoms with Crippen molar-refractivity contribution in [3.05, 3.63) is 63.1 Å². The van der Waals surface area contributed by atoms with E-state index in [9.17, 15) is 9.59 Å². The predicted octanol–water partition coefficient (Wildman–Crippen LogP) is 4.63. The minimum atomic E-state index is -0.339. The van der Waals surface area contributed by atoms with Crippen molar-refractivity contribution in [1.29, 1.82) is 5.26 Å². The maximum absolute atomic E-state index is 12.8. The van der Waals surface area contributed by atoms with Gasteiger partial charge in [-0.25, -0.2) is 4.68 Å². The number of rotatable bonds is 6. The fourth-order valence-corrected chi connectivity index (χ4v) is 3.92. The molecule has 0 radical (unpaired) electrons. The van der Waals surface area contributed by atoms with Crippen LogP contribution in [0.25, 0.3) is 0 Å². The molecule has 2 amide bonds. The van der Waals surface area contributed by atoms with E-state index in [1.165, 1.54) is 11.3 Å². The van der Waals surface area contributed by atoms with Crippen molar-refractivity contribution in [3.8, 4) is 6.07 Å². The standard InChI is InChI=1S/C20H18ClN5O2S/c1-12-10-17(24-19(27)14-6-3-4-7-15(14)21)29-18(12)20(28)23-16-11-13(2)25-26(16)9-5-8-22/h3-4,6-7,10-11H,5,9H2,1-2H3,(H,23,28)(H,24,27). The molecular weight excluding hydrogens is 410 g/mol. The van der Waals surface area contributed by atoms with Gasteiger partial charge in [0.05, 0.1) is 45.2 Å². The minimum Gasteiger partial charge on any atom is -0.313 e. The van der Waals surface area contributed by atoms with Crippen molar-refractivity contribution in [3.63, 3.8) is 0 Å². The molecule has 29 heavy (non-hydrogen) atoms. The van der Waals surface area contributed by atoms with Crippen molar-refractivity contribution in [2.24, 2.45) is 0 Å². The highest BCUT2D eigenvalue weighted by atomic mass is 35.5. The van der Waals surface area contributed by atoms with Gasteiger partial charge < -0.3 is 10.6 Å². The van der Waals surface area contributed by atoms with Gasteiger partial charge in [0.1, 0.15) is 5.82 Å². The van der Waals surface area contributed by atoms with Gasteiger partial charge in [0.15, 0.2) is 0 Å². The third kappa shape index (κ3) is 4.83. The first kappa shape index (κ1) is 20.6. The molecular formula is C20H18ClN5O2S. The molecule has 148 valence electrons. The Labute approximate surface area is 176 Å². The molecule has 0 saturated heterocycles. The van der Waals surface area contributed by atoms with Crippen molar-refractivity contribution < 1.29 is 9.59 Å². The number of thiophene rings is 1. The van der Waals surface area contributed by atoms with E-state index >= 15 is 0 Å². The molecule has 1 aromatic carbocycles. The van der Waals surface area contributed by atoms with Crippen LogP contribution in [0, 0.1) is 25.2 Å². The summed E-state index contributed by atoms with van der Waals surface area (Å²) in [6.45, 7) is 4.01. The van der Waals surface area contributed by atoms with E-state index < -0.39 is 0 Å². The Kier molecular flexibility index (Phi) is 6.32. The minimum absolute atomic E-state index is 0.292. The number of amides is 2. The van der Waals surface area contributed by atoms with Crippen LogP contribution in [0.2, 0.25) is 5.02 Å². The number of nitrogens with zero attached hydrogens (tertiary/aromatic N) is 3. The number of anilines is 2. The molecule has 2 N–H and O–H groups in total. The Morgan fingerprint density at radius 1 is 1.21 bits per heavy atom. The summed E-state index contributed by atoms with van der Waals surface area (Å²) in [4.78, 5) is 25.7. The average molecular weight is 428 g/mol. The van der Waals surface area contributed by atoms with Gasteiger partial charge in [-0.2, -0.15) is 10.4 Å². The summed E-state index contributed by atoms with van der Waals surface area (Å²) < 4.78 is 1.60. The van der Waals surface area contributed by atoms with Crippen molar-refractivity contribution in [1.82, 2.24) is 9.78 Å². The molecule has 0 fully saturated rings. The number of carbonyl (C=O) groups excluding carboxylic acids is 2. The molecule has 0 unspecified atom stereocenters. The Hall–Kier alpha value is -3.15. The van der Waals surface area contributed by atoms with E-state index in [0.717, 1.165) is 11.3 Å². The third-order valence-corrected chi connectivity index (χ3v) is 5.54. The molecule has 3 aromatic rings. The number of aryl methyl sites for hydroxylation is 3. The zero-order valence-corrected chi connectivity index (χ0v) is 17.4. The number of hydrogen-bond donors (Lipinski definition) is 2. The van der Waals surface area contributed by atoms with Crippen LogP contribution < -0.4 is 10.6 Å². The van der Waals surface area contributed by atoms with E-state index in [2.05, 4.69) is 21.8 Å². The van der Waals surface area contributed by atoms with Crippen LogP contribution in [0.3, 0.4) is 0 Å². The molecule has 0 aliphatic carbocycles. The molecule has 0 atom stereocenters. The molecule has 0 spiro atoms. The zero-order valence-electron chi connectivity index (χ0n) is 15.8. The molecule has 3 rings (SSSR count). The van der Waals surface area contributed by atoms with Crippen LogP contribution in [0.15, 0.2) is 36.4 Å². The molecule has 2 heterocycles. The van der Waals surface area contributed by atoms with Crippen LogP contribution in [-0.4, -0.2) is 21.6 Å². The van der Waals surface area contributed by atoms with Crippen molar-refractivity contribution in [2.45, 2.75) is 26.8 Å². The summed E-state index contributed by atoms with van der Waals surface area (Å²) in [7, 11) is 0. The SMILES string of the molecule is Cc1cc(NC(=O)c2sc(NC(=O)c3ccccc3Cl)cc2C)n(CCC#N)n1. The smallest absolute Gasteiger partial charge is 0.267 e. The monoisotopic (exact) mass is 427 g/mol. The average Bonchev–Trinajstić information content (AvgIpc) is 3.21. The zero-order chi connectivity index (χ0) is 21.0. The number of halogens is 1. The van der Waals surface area contributed by atoms with Crippen LogP contribution in [-0.2, 0) is 6.54 Å². The second kappa shape index (κ2) is 8.90. The van der Waals surface area contributed by atoms with E-state index in [1.807, 2.05) is 6.92 Å². The van der Waals surface area contributed by atoms with Crippen molar-refractivity contribution >= 4 is 45.6 Å². The number of benzene rings is 1. The van der Waals surface area contributed by atoms with Crippen molar-refractivity contribution in [2.75, 3.05) is 10.6 Å². The Morgan fingerprint density at radius 2 is 1.97 bits per heavy atom. The fourth-order valence-electron chi connectivity index (χ4n) is 2.74. The summed E-state index contributed by atoms with van der Waals surface area (Å²) in [5.41, 5.74) is 1.85. The van der Waals surface area contributed by atoms with Gasteiger partial charge in [-0.3, -0.25) is 9.59 Å². The Bertz CT molecular complexity index is 1110. The topological polar surface area (TPSA) is 99.8 Å². The van der Waals surface area contributed by atoms with E-state index in [-0.39, 0.29) is 11.8 Å². The number of nitrogens with one attached hydrogen (secondary N) is 2. The maximum atomic E-state index is 12.8. The van der Waals surface area contributed by atoms with E-state index in [0.29, 0.717) is 39.2 Å². The summed E-state index contributed by atoms with van der Waals surface area (Å²) >= 11 is 7.24. The lowest BCUT2D eigenvalue weighted by Gasteiger charge is -2.07. The predicted molar refractivity (Wildman–Crippen MR) is 114 cm³/mol. The van der Waals surface area contributed by atoms with Gasteiger partial charge >= 0.3 is 0 Å². The summed E-state index contributed by atoms with van der Waals surface area (Å²) in [6, 6.07) is 12.3. The van der Waals surface area contributed by atoms with Gasteiger partial charge in [0.25, 0.3) is 11.8 Å². The van der Waals surface area contributed by atoms with Crippen LogP contribution >= 0.6 is 22.9 Å². The van der Waals surface area contributed by atoms with Gasteiger partial charge in [0.2, 0.25) is 0 Å². The van der Waals surface area contributed by atoms with Gasteiger partial charge in [-0.15, -0.1) is 11.3 Å². The first-order chi connectivity index (χ1) is 13.9. The molecule has 0 aliphatic heterocycles. The molecule has 2 aromatic heterocycles. The van der Waals surface area contributed by atoms with Crippen LogP contribution in [0.4, 0.5) is 10.8 Å². The molecule has 9 heteroatoms. The highest BCUT2D eigenvalue weighted by Crippen LogP contribution is 2.28. The molecule has 0 aliphatic rings. The summed E-state index contributed by atoms with van der Waals surface area (Å²) in [5, 5.41) is 19.6. The Balaban J connectivity index is 1.75. The van der Waals surface area contributed by atoms with Gasteiger partial charge in [-0.1, -0.05) is 23.7 Å². The normalized spacial score (nSPS) is 10.4. The van der Waals surface area contributed by atoms with Crippen LogP contribution in [0.1, 0.15) is 37.7 Å².